The molecule has 0 aliphatic heterocycles. The third-order valence-electron chi connectivity index (χ3n) is 4.34. The number of anilines is 1. The summed E-state index contributed by atoms with van der Waals surface area (Å²) in [5.74, 6) is -0.117. The molecule has 10 heteroatoms. The molecule has 0 fully saturated rings. The molecule has 0 spiro atoms. The Hall–Kier alpha value is -3.82. The number of esters is 1. The predicted octanol–water partition coefficient (Wildman–Crippen LogP) is 0.675. The molecule has 0 bridgehead atoms. The second-order valence-electron chi connectivity index (χ2n) is 5.83. The van der Waals surface area contributed by atoms with Crippen molar-refractivity contribution in [3.8, 4) is 22.6 Å². The van der Waals surface area contributed by atoms with Gasteiger partial charge in [-0.3, -0.25) is 14.3 Å². The summed E-state index contributed by atoms with van der Waals surface area (Å²) >= 11 is 0. The van der Waals surface area contributed by atoms with Crippen LogP contribution >= 0.6 is 0 Å². The second kappa shape index (κ2) is 7.06. The van der Waals surface area contributed by atoms with Gasteiger partial charge in [0.1, 0.15) is 11.4 Å². The molecule has 0 aliphatic carbocycles. The number of nitrogen functional groups attached to an aromatic ring is 1. The van der Waals surface area contributed by atoms with Crippen molar-refractivity contribution in [2.24, 2.45) is 7.05 Å². The molecule has 0 saturated carbocycles. The number of carbonyl (C=O) groups is 1. The van der Waals surface area contributed by atoms with Crippen LogP contribution < -0.4 is 26.5 Å². The van der Waals surface area contributed by atoms with E-state index in [4.69, 9.17) is 19.9 Å². The van der Waals surface area contributed by atoms with Crippen LogP contribution in [0.3, 0.4) is 0 Å². The van der Waals surface area contributed by atoms with Crippen LogP contribution in [0, 0.1) is 0 Å². The Morgan fingerprint density at radius 2 is 1.82 bits per heavy atom. The first kappa shape index (κ1) is 19.0. The molecule has 28 heavy (non-hydrogen) atoms. The average Bonchev–Trinajstić information content (AvgIpc) is 2.69. The van der Waals surface area contributed by atoms with Crippen LogP contribution in [0.5, 0.6) is 11.5 Å². The normalized spacial score (nSPS) is 10.7. The number of fused-ring (bicyclic) bond motifs is 1. The number of aromatic nitrogens is 3. The Morgan fingerprint density at radius 1 is 1.14 bits per heavy atom. The minimum atomic E-state index is -0.773. The van der Waals surface area contributed by atoms with E-state index in [1.54, 1.807) is 18.2 Å². The van der Waals surface area contributed by atoms with Gasteiger partial charge >= 0.3 is 11.7 Å². The van der Waals surface area contributed by atoms with E-state index in [-0.39, 0.29) is 28.0 Å². The van der Waals surface area contributed by atoms with E-state index in [0.717, 1.165) is 4.57 Å². The third-order valence-corrected chi connectivity index (χ3v) is 4.34. The summed E-state index contributed by atoms with van der Waals surface area (Å²) in [5, 5.41) is 0.0175. The van der Waals surface area contributed by atoms with E-state index in [1.807, 2.05) is 0 Å². The van der Waals surface area contributed by atoms with Gasteiger partial charge in [-0.05, 0) is 17.7 Å². The summed E-state index contributed by atoms with van der Waals surface area (Å²) < 4.78 is 16.5. The fourth-order valence-corrected chi connectivity index (χ4v) is 2.98. The Bertz CT molecular complexity index is 1210. The number of benzene rings is 1. The number of hydrogen-bond donors (Lipinski definition) is 2. The van der Waals surface area contributed by atoms with Crippen LogP contribution in [0.1, 0.15) is 10.4 Å². The lowest BCUT2D eigenvalue weighted by atomic mass is 9.96. The minimum Gasteiger partial charge on any atom is -0.493 e. The Labute approximate surface area is 158 Å². The number of aromatic amines is 1. The number of carbonyl (C=O) groups excluding carboxylic acids is 1. The van der Waals surface area contributed by atoms with Crippen molar-refractivity contribution in [1.29, 1.82) is 0 Å². The topological polar surface area (TPSA) is 139 Å². The minimum absolute atomic E-state index is 0.0175. The van der Waals surface area contributed by atoms with Gasteiger partial charge in [0.2, 0.25) is 0 Å². The molecular weight excluding hydrogens is 368 g/mol. The summed E-state index contributed by atoms with van der Waals surface area (Å²) in [4.78, 5) is 43.3. The molecule has 10 nitrogen and oxygen atoms in total. The van der Waals surface area contributed by atoms with Gasteiger partial charge in [0.25, 0.3) is 5.56 Å². The first-order chi connectivity index (χ1) is 13.3. The molecule has 0 atom stereocenters. The fourth-order valence-electron chi connectivity index (χ4n) is 2.98. The lowest BCUT2D eigenvalue weighted by Crippen LogP contribution is -2.30. The number of aryl methyl sites for hydroxylation is 1. The molecule has 1 aromatic carbocycles. The van der Waals surface area contributed by atoms with Crippen LogP contribution in [0.25, 0.3) is 22.2 Å². The highest BCUT2D eigenvalue weighted by atomic mass is 16.5. The average molecular weight is 386 g/mol. The molecule has 3 N–H and O–H groups in total. The van der Waals surface area contributed by atoms with Crippen LogP contribution in [0.4, 0.5) is 5.82 Å². The number of pyridine rings is 1. The largest absolute Gasteiger partial charge is 0.493 e. The highest BCUT2D eigenvalue weighted by molar-refractivity contribution is 6.09. The standard InChI is InChI=1S/C18H18N4O6/c1-22-15-13(16(23)21-18(22)25)11(12(14(19)20-15)17(24)28-4)8-5-6-9(26-2)10(7-8)27-3/h5-7H,1-4H3,(H2,19,20)(H,21,23,25). The number of nitrogens with two attached hydrogens (primary N) is 1. The first-order valence-electron chi connectivity index (χ1n) is 8.07. The molecule has 2 heterocycles. The SMILES string of the molecule is COC(=O)c1c(N)nc2c(c1-c1ccc(OC)c(OC)c1)c(=O)[nH]c(=O)n2C. The van der Waals surface area contributed by atoms with Crippen LogP contribution in [0.15, 0.2) is 27.8 Å². The lowest BCUT2D eigenvalue weighted by molar-refractivity contribution is 0.0602. The van der Waals surface area contributed by atoms with Gasteiger partial charge in [-0.1, -0.05) is 6.07 Å². The number of nitrogens with one attached hydrogen (secondary N) is 1. The van der Waals surface area contributed by atoms with Crippen molar-refractivity contribution in [2.75, 3.05) is 27.1 Å². The zero-order valence-corrected chi connectivity index (χ0v) is 15.7. The van der Waals surface area contributed by atoms with Crippen LogP contribution in [-0.4, -0.2) is 41.8 Å². The van der Waals surface area contributed by atoms with E-state index < -0.39 is 17.2 Å². The summed E-state index contributed by atoms with van der Waals surface area (Å²) in [6.45, 7) is 0. The van der Waals surface area contributed by atoms with Gasteiger partial charge in [0.05, 0.1) is 26.7 Å². The van der Waals surface area contributed by atoms with Crippen molar-refractivity contribution in [1.82, 2.24) is 14.5 Å². The number of methoxy groups -OCH3 is 3. The third kappa shape index (κ3) is 2.84. The molecule has 0 saturated heterocycles. The van der Waals surface area contributed by atoms with Gasteiger partial charge < -0.3 is 19.9 Å². The second-order valence-corrected chi connectivity index (χ2v) is 5.83. The monoisotopic (exact) mass is 386 g/mol. The highest BCUT2D eigenvalue weighted by Gasteiger charge is 2.25. The van der Waals surface area contributed by atoms with Gasteiger partial charge in [-0.15, -0.1) is 0 Å². The zero-order valence-electron chi connectivity index (χ0n) is 15.7. The molecular formula is C18H18N4O6. The molecule has 146 valence electrons. The van der Waals surface area contributed by atoms with E-state index in [2.05, 4.69) is 9.97 Å². The number of H-pyrrole nitrogens is 1. The maximum absolute atomic E-state index is 12.6. The van der Waals surface area contributed by atoms with E-state index in [0.29, 0.717) is 17.1 Å². The van der Waals surface area contributed by atoms with E-state index in [1.165, 1.54) is 28.4 Å². The van der Waals surface area contributed by atoms with Crippen molar-refractivity contribution in [3.05, 3.63) is 44.6 Å². The van der Waals surface area contributed by atoms with E-state index >= 15 is 0 Å². The van der Waals surface area contributed by atoms with Crippen molar-refractivity contribution in [3.63, 3.8) is 0 Å². The Kier molecular flexibility index (Phi) is 4.78. The van der Waals surface area contributed by atoms with Crippen LogP contribution in [-0.2, 0) is 11.8 Å². The summed E-state index contributed by atoms with van der Waals surface area (Å²) in [6, 6.07) is 4.84. The summed E-state index contributed by atoms with van der Waals surface area (Å²) in [6.07, 6.45) is 0. The van der Waals surface area contributed by atoms with Gasteiger partial charge in [-0.25, -0.2) is 14.6 Å². The maximum Gasteiger partial charge on any atom is 0.342 e. The van der Waals surface area contributed by atoms with Crippen molar-refractivity contribution in [2.45, 2.75) is 0 Å². The summed E-state index contributed by atoms with van der Waals surface area (Å²) in [7, 11) is 5.56. The Morgan fingerprint density at radius 3 is 2.43 bits per heavy atom. The smallest absolute Gasteiger partial charge is 0.342 e. The van der Waals surface area contributed by atoms with Gasteiger partial charge in [-0.2, -0.15) is 0 Å². The maximum atomic E-state index is 12.6. The van der Waals surface area contributed by atoms with Crippen LogP contribution in [0.2, 0.25) is 0 Å². The quantitative estimate of drug-likeness (QED) is 0.624. The fraction of sp³-hybridized carbons (Fsp3) is 0.222. The van der Waals surface area contributed by atoms with Crippen molar-refractivity contribution < 1.29 is 19.0 Å². The lowest BCUT2D eigenvalue weighted by Gasteiger charge is -2.16. The predicted molar refractivity (Wildman–Crippen MR) is 102 cm³/mol. The highest BCUT2D eigenvalue weighted by Crippen LogP contribution is 2.37. The molecule has 0 unspecified atom stereocenters. The molecule has 0 aliphatic rings. The molecule has 3 rings (SSSR count). The number of nitrogens with zero attached hydrogens (tertiary/aromatic N) is 2. The Balaban J connectivity index is 2.56. The molecule has 0 radical (unpaired) electrons. The van der Waals surface area contributed by atoms with E-state index in [9.17, 15) is 14.4 Å². The number of ether oxygens (including phenoxy) is 3. The molecule has 2 aromatic heterocycles. The number of hydrogen-bond acceptors (Lipinski definition) is 8. The van der Waals surface area contributed by atoms with Crippen molar-refractivity contribution >= 4 is 22.8 Å². The molecule has 3 aromatic rings. The molecule has 0 amide bonds. The van der Waals surface area contributed by atoms with Gasteiger partial charge in [0, 0.05) is 12.6 Å². The van der Waals surface area contributed by atoms with Gasteiger partial charge in [0.15, 0.2) is 17.1 Å². The first-order valence-corrected chi connectivity index (χ1v) is 8.07. The number of rotatable bonds is 4. The summed E-state index contributed by atoms with van der Waals surface area (Å²) in [5.41, 5.74) is 5.18. The zero-order chi connectivity index (χ0) is 20.6.